The number of carbonyl (C=O) groups excluding carboxylic acids is 1. The van der Waals surface area contributed by atoms with Crippen LogP contribution in [0.3, 0.4) is 0 Å². The number of sulfone groups is 1. The van der Waals surface area contributed by atoms with Crippen LogP contribution in [0.5, 0.6) is 0 Å². The molecule has 1 N–H and O–H groups in total. The highest BCUT2D eigenvalue weighted by molar-refractivity contribution is 7.90. The molecule has 0 unspecified atom stereocenters. The van der Waals surface area contributed by atoms with Gasteiger partial charge in [-0.1, -0.05) is 0 Å². The number of aromatic nitrogens is 2. The molecule has 3 aromatic rings. The third-order valence-corrected chi connectivity index (χ3v) is 4.91. The largest absolute Gasteiger partial charge is 0.358 e. The van der Waals surface area contributed by atoms with Crippen LogP contribution in [0, 0.1) is 13.8 Å². The number of ketones is 1. The Kier molecular flexibility index (Phi) is 3.56. The van der Waals surface area contributed by atoms with Gasteiger partial charge in [-0.2, -0.15) is 0 Å². The number of rotatable bonds is 3. The van der Waals surface area contributed by atoms with Crippen LogP contribution >= 0.6 is 0 Å². The predicted octanol–water partition coefficient (Wildman–Crippen LogP) is 2.81. The molecule has 2 aromatic heterocycles. The van der Waals surface area contributed by atoms with E-state index in [4.69, 9.17) is 0 Å². The summed E-state index contributed by atoms with van der Waals surface area (Å²) in [5.74, 6) is -0.153. The van der Waals surface area contributed by atoms with Crippen molar-refractivity contribution in [2.45, 2.75) is 18.7 Å². The van der Waals surface area contributed by atoms with Crippen molar-refractivity contribution in [2.75, 3.05) is 6.26 Å². The van der Waals surface area contributed by atoms with Gasteiger partial charge in [0.05, 0.1) is 10.5 Å². The molecule has 0 saturated carbocycles. The lowest BCUT2D eigenvalue weighted by molar-refractivity contribution is 0.103. The van der Waals surface area contributed by atoms with Gasteiger partial charge in [0, 0.05) is 40.3 Å². The lowest BCUT2D eigenvalue weighted by atomic mass is 10.0. The van der Waals surface area contributed by atoms with Crippen LogP contribution in [0.2, 0.25) is 0 Å². The molecule has 0 spiro atoms. The molecule has 23 heavy (non-hydrogen) atoms. The zero-order valence-electron chi connectivity index (χ0n) is 13.0. The molecule has 0 radical (unpaired) electrons. The number of benzene rings is 1. The van der Waals surface area contributed by atoms with Gasteiger partial charge in [-0.05, 0) is 44.2 Å². The van der Waals surface area contributed by atoms with Crippen molar-refractivity contribution >= 4 is 26.5 Å². The third-order valence-electron chi connectivity index (χ3n) is 3.78. The van der Waals surface area contributed by atoms with E-state index < -0.39 is 9.84 Å². The van der Waals surface area contributed by atoms with Gasteiger partial charge in [0.15, 0.2) is 15.6 Å². The van der Waals surface area contributed by atoms with E-state index in [1.54, 1.807) is 18.3 Å². The van der Waals surface area contributed by atoms with E-state index in [2.05, 4.69) is 9.97 Å². The van der Waals surface area contributed by atoms with E-state index >= 15 is 0 Å². The summed E-state index contributed by atoms with van der Waals surface area (Å²) in [5, 5.41) is 0.769. The normalized spacial score (nSPS) is 11.8. The highest BCUT2D eigenvalue weighted by Gasteiger charge is 2.18. The quantitative estimate of drug-likeness (QED) is 0.750. The SMILES string of the molecule is Cc1cc2[nH]c(C)c(C(=O)c3ccc(S(C)(=O)=O)cc3)c2cn1. The standard InChI is InChI=1S/C17H16N2O3S/c1-10-8-15-14(9-18-10)16(11(2)19-15)17(20)12-4-6-13(7-5-12)23(3,21)22/h4-9,19H,1-3H3. The zero-order valence-corrected chi connectivity index (χ0v) is 13.9. The second kappa shape index (κ2) is 5.31. The van der Waals surface area contributed by atoms with Crippen LogP contribution < -0.4 is 0 Å². The third kappa shape index (κ3) is 2.77. The monoisotopic (exact) mass is 328 g/mol. The first kappa shape index (κ1) is 15.4. The molecule has 0 aliphatic heterocycles. The second-order valence-electron chi connectivity index (χ2n) is 5.62. The Bertz CT molecular complexity index is 1020. The number of H-pyrrole nitrogens is 1. The molecule has 6 heteroatoms. The first-order chi connectivity index (χ1) is 10.8. The summed E-state index contributed by atoms with van der Waals surface area (Å²) < 4.78 is 23.0. The number of fused-ring (bicyclic) bond motifs is 1. The molecule has 0 atom stereocenters. The molecule has 0 amide bonds. The van der Waals surface area contributed by atoms with Crippen LogP contribution in [0.1, 0.15) is 27.3 Å². The Labute approximate surface area is 134 Å². The van der Waals surface area contributed by atoms with Gasteiger partial charge in [-0.15, -0.1) is 0 Å². The second-order valence-corrected chi connectivity index (χ2v) is 7.64. The zero-order chi connectivity index (χ0) is 16.8. The van der Waals surface area contributed by atoms with Crippen molar-refractivity contribution in [3.63, 3.8) is 0 Å². The summed E-state index contributed by atoms with van der Waals surface area (Å²) in [4.78, 5) is 20.4. The van der Waals surface area contributed by atoms with Crippen LogP contribution in [0.4, 0.5) is 0 Å². The molecule has 0 aliphatic carbocycles. The van der Waals surface area contributed by atoms with Gasteiger partial charge in [-0.25, -0.2) is 8.42 Å². The van der Waals surface area contributed by atoms with Gasteiger partial charge < -0.3 is 4.98 Å². The maximum absolute atomic E-state index is 12.8. The van der Waals surface area contributed by atoms with E-state index in [9.17, 15) is 13.2 Å². The molecule has 0 bridgehead atoms. The van der Waals surface area contributed by atoms with E-state index in [0.29, 0.717) is 11.1 Å². The molecule has 2 heterocycles. The molecule has 5 nitrogen and oxygen atoms in total. The van der Waals surface area contributed by atoms with Crippen molar-refractivity contribution in [1.29, 1.82) is 0 Å². The summed E-state index contributed by atoms with van der Waals surface area (Å²) in [5.41, 5.74) is 3.52. The number of hydrogen-bond acceptors (Lipinski definition) is 4. The van der Waals surface area contributed by atoms with Gasteiger partial charge >= 0.3 is 0 Å². The number of nitrogens with one attached hydrogen (secondary N) is 1. The van der Waals surface area contributed by atoms with Crippen LogP contribution in [0.15, 0.2) is 41.4 Å². The highest BCUT2D eigenvalue weighted by Crippen LogP contribution is 2.25. The fraction of sp³-hybridized carbons (Fsp3) is 0.176. The van der Waals surface area contributed by atoms with Crippen molar-refractivity contribution in [3.05, 3.63) is 59.0 Å². The summed E-state index contributed by atoms with van der Waals surface area (Å²) >= 11 is 0. The molecule has 0 aliphatic rings. The average molecular weight is 328 g/mol. The van der Waals surface area contributed by atoms with Crippen LogP contribution in [-0.4, -0.2) is 30.4 Å². The van der Waals surface area contributed by atoms with Crippen molar-refractivity contribution < 1.29 is 13.2 Å². The smallest absolute Gasteiger partial charge is 0.195 e. The maximum Gasteiger partial charge on any atom is 0.195 e. The van der Waals surface area contributed by atoms with E-state index in [-0.39, 0.29) is 10.7 Å². The maximum atomic E-state index is 12.8. The van der Waals surface area contributed by atoms with Crippen LogP contribution in [0.25, 0.3) is 10.9 Å². The minimum atomic E-state index is -3.27. The highest BCUT2D eigenvalue weighted by atomic mass is 32.2. The number of aryl methyl sites for hydroxylation is 2. The Balaban J connectivity index is 2.09. The Morgan fingerprint density at radius 1 is 1.13 bits per heavy atom. The summed E-state index contributed by atoms with van der Waals surface area (Å²) in [6.45, 7) is 3.73. The number of carbonyl (C=O) groups is 1. The molecule has 1 aromatic carbocycles. The number of pyridine rings is 1. The van der Waals surface area contributed by atoms with Crippen molar-refractivity contribution in [1.82, 2.24) is 9.97 Å². The van der Waals surface area contributed by atoms with Gasteiger partial charge in [0.25, 0.3) is 0 Å². The fourth-order valence-electron chi connectivity index (χ4n) is 2.62. The summed E-state index contributed by atoms with van der Waals surface area (Å²) in [6, 6.07) is 7.88. The number of hydrogen-bond donors (Lipinski definition) is 1. The Morgan fingerprint density at radius 3 is 2.39 bits per heavy atom. The summed E-state index contributed by atoms with van der Waals surface area (Å²) in [7, 11) is -3.27. The lowest BCUT2D eigenvalue weighted by Gasteiger charge is -2.03. The Hall–Kier alpha value is -2.47. The molecule has 0 fully saturated rings. The summed E-state index contributed by atoms with van der Waals surface area (Å²) in [6.07, 6.45) is 2.83. The molecule has 3 rings (SSSR count). The minimum absolute atomic E-state index is 0.153. The lowest BCUT2D eigenvalue weighted by Crippen LogP contribution is -2.04. The minimum Gasteiger partial charge on any atom is -0.358 e. The molecular weight excluding hydrogens is 312 g/mol. The fourth-order valence-corrected chi connectivity index (χ4v) is 3.25. The van der Waals surface area contributed by atoms with Crippen molar-refractivity contribution in [3.8, 4) is 0 Å². The first-order valence-corrected chi connectivity index (χ1v) is 8.96. The molecule has 118 valence electrons. The Morgan fingerprint density at radius 2 is 1.78 bits per heavy atom. The van der Waals surface area contributed by atoms with E-state index in [1.165, 1.54) is 12.1 Å². The average Bonchev–Trinajstić information content (AvgIpc) is 2.80. The van der Waals surface area contributed by atoms with Crippen molar-refractivity contribution in [2.24, 2.45) is 0 Å². The number of nitrogens with zero attached hydrogens (tertiary/aromatic N) is 1. The van der Waals surface area contributed by atoms with Gasteiger partial charge in [-0.3, -0.25) is 9.78 Å². The molecular formula is C17H16N2O3S. The number of aromatic amines is 1. The van der Waals surface area contributed by atoms with E-state index in [1.807, 2.05) is 19.9 Å². The van der Waals surface area contributed by atoms with Gasteiger partial charge in [0.2, 0.25) is 0 Å². The van der Waals surface area contributed by atoms with E-state index in [0.717, 1.165) is 28.5 Å². The predicted molar refractivity (Wildman–Crippen MR) is 88.6 cm³/mol. The first-order valence-electron chi connectivity index (χ1n) is 7.07. The topological polar surface area (TPSA) is 79.9 Å². The van der Waals surface area contributed by atoms with Gasteiger partial charge in [0.1, 0.15) is 0 Å². The molecule has 0 saturated heterocycles. The van der Waals surface area contributed by atoms with Crippen LogP contribution in [-0.2, 0) is 9.84 Å².